The second kappa shape index (κ2) is 13.8. The van der Waals surface area contributed by atoms with Gasteiger partial charge >= 0.3 is 5.97 Å². The van der Waals surface area contributed by atoms with Crippen LogP contribution in [0.4, 0.5) is 5.69 Å². The Labute approximate surface area is 245 Å². The molecule has 3 aromatic carbocycles. The maximum absolute atomic E-state index is 12.5. The molecule has 0 saturated heterocycles. The summed E-state index contributed by atoms with van der Waals surface area (Å²) < 4.78 is 16.6. The number of carbonyl (C=O) groups excluding carboxylic acids is 2. The number of nitrogens with one attached hydrogen (secondary N) is 1. The van der Waals surface area contributed by atoms with Gasteiger partial charge in [-0.2, -0.15) is 5.10 Å². The van der Waals surface area contributed by atoms with Crippen molar-refractivity contribution in [3.8, 4) is 17.2 Å². The Morgan fingerprint density at radius 1 is 0.929 bits per heavy atom. The van der Waals surface area contributed by atoms with Gasteiger partial charge in [0.05, 0.1) is 23.3 Å². The van der Waals surface area contributed by atoms with Crippen molar-refractivity contribution >= 4 is 23.8 Å². The Kier molecular flexibility index (Phi) is 10.4. The zero-order chi connectivity index (χ0) is 30.9. The molecule has 0 bridgehead atoms. The van der Waals surface area contributed by atoms with E-state index in [2.05, 4.69) is 45.1 Å². The van der Waals surface area contributed by atoms with Crippen LogP contribution in [0.25, 0.3) is 0 Å². The lowest BCUT2D eigenvalue weighted by atomic mass is 9.72. The molecule has 10 heteroatoms. The Bertz CT molecular complexity index is 1420. The van der Waals surface area contributed by atoms with Gasteiger partial charge in [0.25, 0.3) is 11.6 Å². The second-order valence-corrected chi connectivity index (χ2v) is 11.6. The van der Waals surface area contributed by atoms with E-state index in [1.54, 1.807) is 19.1 Å². The van der Waals surface area contributed by atoms with E-state index in [0.29, 0.717) is 23.7 Å². The van der Waals surface area contributed by atoms with E-state index in [0.717, 1.165) is 6.42 Å². The van der Waals surface area contributed by atoms with Gasteiger partial charge in [0.1, 0.15) is 5.75 Å². The third-order valence-corrected chi connectivity index (χ3v) is 6.16. The molecule has 1 N–H and O–H groups in total. The van der Waals surface area contributed by atoms with E-state index in [1.807, 2.05) is 24.3 Å². The molecule has 3 aromatic rings. The highest BCUT2D eigenvalue weighted by Crippen LogP contribution is 2.36. The molecule has 1 amide bonds. The van der Waals surface area contributed by atoms with Crippen LogP contribution in [0.3, 0.4) is 0 Å². The molecule has 10 nitrogen and oxygen atoms in total. The molecule has 222 valence electrons. The predicted octanol–water partition coefficient (Wildman–Crippen LogP) is 6.46. The smallest absolute Gasteiger partial charge is 0.343 e. The van der Waals surface area contributed by atoms with Crippen LogP contribution in [0.1, 0.15) is 69.4 Å². The monoisotopic (exact) mass is 575 g/mol. The molecule has 0 heterocycles. The fraction of sp³-hybridized carbons (Fsp3) is 0.344. The molecule has 0 atom stereocenters. The lowest BCUT2D eigenvalue weighted by molar-refractivity contribution is -0.384. The summed E-state index contributed by atoms with van der Waals surface area (Å²) in [7, 11) is 0. The number of hydrogen-bond acceptors (Lipinski definition) is 8. The standard InChI is InChI=1S/C32H37N3O7/c1-7-40-28-18-22(8-17-27(28)42-30(37)23-9-13-25(14-10-23)35(38)39)19-33-34-29(36)20-41-26-15-11-24(12-16-26)32(5,6)21-31(2,3)4/h8-19H,7,20-21H2,1-6H3,(H,34,36)/b33-19-. The van der Waals surface area contributed by atoms with E-state index in [1.165, 1.54) is 42.1 Å². The first-order valence-electron chi connectivity index (χ1n) is 13.6. The molecule has 0 aliphatic rings. The van der Waals surface area contributed by atoms with Gasteiger partial charge in [0, 0.05) is 12.1 Å². The number of hydrogen-bond donors (Lipinski definition) is 1. The van der Waals surface area contributed by atoms with E-state index in [4.69, 9.17) is 14.2 Å². The number of benzene rings is 3. The van der Waals surface area contributed by atoms with Crippen LogP contribution in [0.2, 0.25) is 0 Å². The summed E-state index contributed by atoms with van der Waals surface area (Å²) in [6.07, 6.45) is 2.46. The minimum atomic E-state index is -0.692. The molecule has 0 aromatic heterocycles. The minimum Gasteiger partial charge on any atom is -0.490 e. The van der Waals surface area contributed by atoms with Crippen molar-refractivity contribution in [2.45, 2.75) is 53.4 Å². The highest BCUT2D eigenvalue weighted by Gasteiger charge is 2.27. The van der Waals surface area contributed by atoms with Crippen LogP contribution in [0.5, 0.6) is 17.2 Å². The van der Waals surface area contributed by atoms with Crippen LogP contribution < -0.4 is 19.6 Å². The summed E-state index contributed by atoms with van der Waals surface area (Å²) >= 11 is 0. The molecule has 0 unspecified atom stereocenters. The minimum absolute atomic E-state index is 0.0118. The Balaban J connectivity index is 1.55. The molecule has 0 spiro atoms. The Hall–Kier alpha value is -4.73. The van der Waals surface area contributed by atoms with E-state index < -0.39 is 16.8 Å². The first-order chi connectivity index (χ1) is 19.8. The van der Waals surface area contributed by atoms with Crippen molar-refractivity contribution in [2.24, 2.45) is 10.5 Å². The van der Waals surface area contributed by atoms with Crippen molar-refractivity contribution in [3.05, 3.63) is 93.5 Å². The summed E-state index contributed by atoms with van der Waals surface area (Å²) in [5.41, 5.74) is 4.45. The van der Waals surface area contributed by atoms with Gasteiger partial charge in [0.2, 0.25) is 0 Å². The molecule has 0 aliphatic carbocycles. The number of carbonyl (C=O) groups is 2. The zero-order valence-corrected chi connectivity index (χ0v) is 24.8. The SMILES string of the molecule is CCOc1cc(/C=N\NC(=O)COc2ccc(C(C)(C)CC(C)(C)C)cc2)ccc1OC(=O)c1ccc([N+](=O)[O-])cc1. The van der Waals surface area contributed by atoms with Crippen molar-refractivity contribution in [1.82, 2.24) is 5.43 Å². The molecule has 42 heavy (non-hydrogen) atoms. The molecule has 0 saturated carbocycles. The zero-order valence-electron chi connectivity index (χ0n) is 24.8. The van der Waals surface area contributed by atoms with E-state index in [9.17, 15) is 19.7 Å². The summed E-state index contributed by atoms with van der Waals surface area (Å²) in [5.74, 6) is -0.0717. The fourth-order valence-electron chi connectivity index (χ4n) is 4.63. The topological polar surface area (TPSA) is 129 Å². The summed E-state index contributed by atoms with van der Waals surface area (Å²) in [6.45, 7) is 13.0. The molecule has 0 radical (unpaired) electrons. The normalized spacial score (nSPS) is 11.7. The Morgan fingerprint density at radius 2 is 1.60 bits per heavy atom. The van der Waals surface area contributed by atoms with Crippen molar-refractivity contribution in [2.75, 3.05) is 13.2 Å². The van der Waals surface area contributed by atoms with Crippen molar-refractivity contribution in [3.63, 3.8) is 0 Å². The average Bonchev–Trinajstić information content (AvgIpc) is 2.92. The second-order valence-electron chi connectivity index (χ2n) is 11.6. The number of nitro groups is 1. The van der Waals surface area contributed by atoms with Gasteiger partial charge in [-0.05, 0) is 77.8 Å². The summed E-state index contributed by atoms with van der Waals surface area (Å²) in [5, 5.41) is 14.8. The van der Waals surface area contributed by atoms with Crippen molar-refractivity contribution in [1.29, 1.82) is 0 Å². The van der Waals surface area contributed by atoms with Gasteiger partial charge in [-0.1, -0.05) is 46.8 Å². The van der Waals surface area contributed by atoms with Gasteiger partial charge in [-0.25, -0.2) is 10.2 Å². The third kappa shape index (κ3) is 9.43. The predicted molar refractivity (Wildman–Crippen MR) is 160 cm³/mol. The number of ether oxygens (including phenoxy) is 3. The number of nitro benzene ring substituents is 1. The van der Waals surface area contributed by atoms with Crippen molar-refractivity contribution < 1.29 is 28.7 Å². The van der Waals surface area contributed by atoms with Crippen LogP contribution in [0, 0.1) is 15.5 Å². The first kappa shape index (κ1) is 31.8. The van der Waals surface area contributed by atoms with Crippen LogP contribution in [0.15, 0.2) is 71.8 Å². The highest BCUT2D eigenvalue weighted by molar-refractivity contribution is 5.92. The third-order valence-electron chi connectivity index (χ3n) is 6.16. The quantitative estimate of drug-likeness (QED) is 0.0863. The summed E-state index contributed by atoms with van der Waals surface area (Å²) in [6, 6.07) is 17.6. The lowest BCUT2D eigenvalue weighted by Crippen LogP contribution is -2.25. The largest absolute Gasteiger partial charge is 0.490 e. The highest BCUT2D eigenvalue weighted by atomic mass is 16.6. The number of rotatable bonds is 12. The van der Waals surface area contributed by atoms with Gasteiger partial charge < -0.3 is 14.2 Å². The maximum Gasteiger partial charge on any atom is 0.343 e. The number of non-ortho nitro benzene ring substituents is 1. The van der Waals surface area contributed by atoms with Crippen LogP contribution in [-0.2, 0) is 10.2 Å². The molecule has 0 fully saturated rings. The van der Waals surface area contributed by atoms with Gasteiger partial charge in [-0.3, -0.25) is 14.9 Å². The molecular formula is C32H37N3O7. The molecule has 3 rings (SSSR count). The number of hydrazone groups is 1. The average molecular weight is 576 g/mol. The summed E-state index contributed by atoms with van der Waals surface area (Å²) in [4.78, 5) is 35.1. The number of amides is 1. The van der Waals surface area contributed by atoms with Gasteiger partial charge in [0.15, 0.2) is 18.1 Å². The van der Waals surface area contributed by atoms with E-state index >= 15 is 0 Å². The van der Waals surface area contributed by atoms with Crippen LogP contribution in [-0.4, -0.2) is 36.2 Å². The number of nitrogens with zero attached hydrogens (tertiary/aromatic N) is 2. The number of esters is 1. The molecular weight excluding hydrogens is 538 g/mol. The lowest BCUT2D eigenvalue weighted by Gasteiger charge is -2.33. The Morgan fingerprint density at radius 3 is 2.19 bits per heavy atom. The molecule has 0 aliphatic heterocycles. The van der Waals surface area contributed by atoms with Gasteiger partial charge in [-0.15, -0.1) is 0 Å². The van der Waals surface area contributed by atoms with E-state index in [-0.39, 0.29) is 34.4 Å². The fourth-order valence-corrected chi connectivity index (χ4v) is 4.63. The first-order valence-corrected chi connectivity index (χ1v) is 13.6. The van der Waals surface area contributed by atoms with Crippen LogP contribution >= 0.6 is 0 Å². The maximum atomic E-state index is 12.5.